The molecular formula is C32H32N4O2. The third-order valence-corrected chi connectivity index (χ3v) is 6.29. The van der Waals surface area contributed by atoms with Gasteiger partial charge in [0, 0.05) is 17.3 Å². The molecule has 4 rings (SSSR count). The molecule has 0 aliphatic rings. The summed E-state index contributed by atoms with van der Waals surface area (Å²) in [5.74, 6) is 0.380. The standard InChI is InChI=1S/C32H32N4O2/c1-4-5-18-38-29-16-17-30(23(2)19-29)31-27(22-36(35-31)28-14-10-7-11-15-28)20-26(21-33)32(37)34-24(3)25-12-8-6-9-13-25/h6-17,19-20,22,24H,4-5,18H2,1-3H3,(H,34,37)/b26-20-/t24-/m1/s1. The Morgan fingerprint density at radius 1 is 1.11 bits per heavy atom. The van der Waals surface area contributed by atoms with Gasteiger partial charge in [-0.25, -0.2) is 4.68 Å². The number of aryl methyl sites for hydroxylation is 1. The topological polar surface area (TPSA) is 79.9 Å². The van der Waals surface area contributed by atoms with Crippen molar-refractivity contribution in [3.8, 4) is 28.8 Å². The summed E-state index contributed by atoms with van der Waals surface area (Å²) in [6.45, 7) is 6.72. The predicted octanol–water partition coefficient (Wildman–Crippen LogP) is 6.81. The molecule has 4 aromatic rings. The second-order valence-electron chi connectivity index (χ2n) is 9.17. The molecule has 0 unspecified atom stereocenters. The lowest BCUT2D eigenvalue weighted by Gasteiger charge is -2.13. The van der Waals surface area contributed by atoms with Crippen molar-refractivity contribution in [2.75, 3.05) is 6.61 Å². The first-order chi connectivity index (χ1) is 18.5. The number of nitriles is 1. The number of para-hydroxylation sites is 1. The fourth-order valence-electron chi connectivity index (χ4n) is 4.14. The van der Waals surface area contributed by atoms with E-state index >= 15 is 0 Å². The minimum absolute atomic E-state index is 0.0128. The molecule has 3 aromatic carbocycles. The molecule has 0 aliphatic carbocycles. The number of hydrogen-bond acceptors (Lipinski definition) is 4. The van der Waals surface area contributed by atoms with Gasteiger partial charge in [0.05, 0.1) is 18.3 Å². The molecule has 0 bridgehead atoms. The largest absolute Gasteiger partial charge is 0.494 e. The Bertz CT molecular complexity index is 1450. The summed E-state index contributed by atoms with van der Waals surface area (Å²) in [5.41, 5.74) is 5.12. The molecule has 0 radical (unpaired) electrons. The first-order valence-electron chi connectivity index (χ1n) is 12.9. The maximum Gasteiger partial charge on any atom is 0.262 e. The van der Waals surface area contributed by atoms with E-state index in [1.807, 2.05) is 98.9 Å². The number of carbonyl (C=O) groups is 1. The van der Waals surface area contributed by atoms with E-state index in [9.17, 15) is 10.1 Å². The fraction of sp³-hybridized carbons (Fsp3) is 0.219. The lowest BCUT2D eigenvalue weighted by Crippen LogP contribution is -2.27. The number of benzene rings is 3. The molecule has 1 N–H and O–H groups in total. The van der Waals surface area contributed by atoms with E-state index in [0.717, 1.165) is 41.0 Å². The molecule has 192 valence electrons. The summed E-state index contributed by atoms with van der Waals surface area (Å²) in [6.07, 6.45) is 5.53. The molecule has 38 heavy (non-hydrogen) atoms. The number of carbonyl (C=O) groups excluding carboxylic acids is 1. The molecule has 0 aliphatic heterocycles. The van der Waals surface area contributed by atoms with Gasteiger partial charge in [0.25, 0.3) is 5.91 Å². The number of hydrogen-bond donors (Lipinski definition) is 1. The number of rotatable bonds is 10. The van der Waals surface area contributed by atoms with Crippen LogP contribution < -0.4 is 10.1 Å². The van der Waals surface area contributed by atoms with Gasteiger partial charge in [-0.15, -0.1) is 0 Å². The Balaban J connectivity index is 1.70. The van der Waals surface area contributed by atoms with Crippen LogP contribution in [0.25, 0.3) is 23.0 Å². The third kappa shape index (κ3) is 6.37. The number of aromatic nitrogens is 2. The Kier molecular flexibility index (Phi) is 8.73. The van der Waals surface area contributed by atoms with Crippen LogP contribution in [0.4, 0.5) is 0 Å². The van der Waals surface area contributed by atoms with E-state index in [-0.39, 0.29) is 11.6 Å². The highest BCUT2D eigenvalue weighted by atomic mass is 16.5. The van der Waals surface area contributed by atoms with Crippen LogP contribution in [0.15, 0.2) is 90.6 Å². The summed E-state index contributed by atoms with van der Waals surface area (Å²) in [6, 6.07) is 27.2. The van der Waals surface area contributed by atoms with Crippen LogP contribution in [0.1, 0.15) is 49.4 Å². The zero-order valence-corrected chi connectivity index (χ0v) is 22.0. The Morgan fingerprint density at radius 2 is 1.82 bits per heavy atom. The highest BCUT2D eigenvalue weighted by Crippen LogP contribution is 2.31. The normalized spacial score (nSPS) is 12.0. The maximum absolute atomic E-state index is 13.1. The number of amides is 1. The van der Waals surface area contributed by atoms with Crippen molar-refractivity contribution in [3.63, 3.8) is 0 Å². The SMILES string of the molecule is CCCCOc1ccc(-c2nn(-c3ccccc3)cc2/C=C(/C#N)C(=O)N[C@H](C)c2ccccc2)c(C)c1. The zero-order chi connectivity index (χ0) is 26.9. The van der Waals surface area contributed by atoms with Gasteiger partial charge in [-0.1, -0.05) is 61.9 Å². The van der Waals surface area contributed by atoms with Gasteiger partial charge >= 0.3 is 0 Å². The first-order valence-corrected chi connectivity index (χ1v) is 12.9. The van der Waals surface area contributed by atoms with Crippen LogP contribution in [0, 0.1) is 18.3 Å². The van der Waals surface area contributed by atoms with Crippen molar-refractivity contribution in [1.29, 1.82) is 5.26 Å². The average molecular weight is 505 g/mol. The second-order valence-corrected chi connectivity index (χ2v) is 9.17. The van der Waals surface area contributed by atoms with Gasteiger partial charge < -0.3 is 10.1 Å². The van der Waals surface area contributed by atoms with Crippen LogP contribution in [0.2, 0.25) is 0 Å². The number of ether oxygens (including phenoxy) is 1. The zero-order valence-electron chi connectivity index (χ0n) is 22.0. The number of nitrogens with zero attached hydrogens (tertiary/aromatic N) is 3. The number of unbranched alkanes of at least 4 members (excludes halogenated alkanes) is 1. The van der Waals surface area contributed by atoms with Crippen LogP contribution in [-0.2, 0) is 4.79 Å². The highest BCUT2D eigenvalue weighted by molar-refractivity contribution is 6.02. The van der Waals surface area contributed by atoms with E-state index in [0.29, 0.717) is 17.9 Å². The molecule has 1 atom stereocenters. The van der Waals surface area contributed by atoms with Crippen molar-refractivity contribution in [3.05, 3.63) is 107 Å². The van der Waals surface area contributed by atoms with Gasteiger partial charge in [-0.2, -0.15) is 10.4 Å². The van der Waals surface area contributed by atoms with E-state index in [4.69, 9.17) is 9.84 Å². The highest BCUT2D eigenvalue weighted by Gasteiger charge is 2.18. The maximum atomic E-state index is 13.1. The predicted molar refractivity (Wildman–Crippen MR) is 151 cm³/mol. The van der Waals surface area contributed by atoms with Gasteiger partial charge in [0.15, 0.2) is 0 Å². The van der Waals surface area contributed by atoms with Gasteiger partial charge in [0.2, 0.25) is 0 Å². The Hall–Kier alpha value is -4.63. The van der Waals surface area contributed by atoms with E-state index in [1.165, 1.54) is 0 Å². The van der Waals surface area contributed by atoms with E-state index in [1.54, 1.807) is 10.8 Å². The molecule has 0 saturated heterocycles. The molecule has 6 nitrogen and oxygen atoms in total. The molecule has 0 fully saturated rings. The molecular weight excluding hydrogens is 472 g/mol. The van der Waals surface area contributed by atoms with Crippen molar-refractivity contribution >= 4 is 12.0 Å². The van der Waals surface area contributed by atoms with Crippen molar-refractivity contribution in [2.45, 2.75) is 39.7 Å². The molecule has 1 heterocycles. The summed E-state index contributed by atoms with van der Waals surface area (Å²) in [4.78, 5) is 13.1. The Labute approximate surface area is 224 Å². The number of nitrogens with one attached hydrogen (secondary N) is 1. The molecule has 1 aromatic heterocycles. The molecule has 6 heteroatoms. The quantitative estimate of drug-likeness (QED) is 0.146. The van der Waals surface area contributed by atoms with Crippen molar-refractivity contribution in [1.82, 2.24) is 15.1 Å². The van der Waals surface area contributed by atoms with E-state index in [2.05, 4.69) is 18.3 Å². The van der Waals surface area contributed by atoms with Gasteiger partial charge in [-0.3, -0.25) is 4.79 Å². The monoisotopic (exact) mass is 504 g/mol. The minimum atomic E-state index is -0.432. The van der Waals surface area contributed by atoms with Crippen LogP contribution in [0.5, 0.6) is 5.75 Å². The van der Waals surface area contributed by atoms with Crippen LogP contribution in [0.3, 0.4) is 0 Å². The summed E-state index contributed by atoms with van der Waals surface area (Å²) < 4.78 is 7.65. The smallest absolute Gasteiger partial charge is 0.262 e. The second kappa shape index (κ2) is 12.6. The fourth-order valence-corrected chi connectivity index (χ4v) is 4.14. The van der Waals surface area contributed by atoms with Crippen LogP contribution in [-0.4, -0.2) is 22.3 Å². The van der Waals surface area contributed by atoms with Gasteiger partial charge in [0.1, 0.15) is 23.1 Å². The van der Waals surface area contributed by atoms with Crippen LogP contribution >= 0.6 is 0 Å². The third-order valence-electron chi connectivity index (χ3n) is 6.29. The molecule has 0 saturated carbocycles. The summed E-state index contributed by atoms with van der Waals surface area (Å²) in [5, 5.41) is 17.7. The lowest BCUT2D eigenvalue weighted by molar-refractivity contribution is -0.117. The lowest BCUT2D eigenvalue weighted by atomic mass is 10.0. The van der Waals surface area contributed by atoms with Crippen molar-refractivity contribution in [2.24, 2.45) is 0 Å². The average Bonchev–Trinajstić information content (AvgIpc) is 3.36. The minimum Gasteiger partial charge on any atom is -0.494 e. The summed E-state index contributed by atoms with van der Waals surface area (Å²) in [7, 11) is 0. The first kappa shape index (κ1) is 26.4. The molecule has 0 spiro atoms. The van der Waals surface area contributed by atoms with E-state index < -0.39 is 5.91 Å². The Morgan fingerprint density at radius 3 is 2.47 bits per heavy atom. The summed E-state index contributed by atoms with van der Waals surface area (Å²) >= 11 is 0. The van der Waals surface area contributed by atoms with Gasteiger partial charge in [-0.05, 0) is 67.8 Å². The molecule has 1 amide bonds. The van der Waals surface area contributed by atoms with Crippen molar-refractivity contribution < 1.29 is 9.53 Å².